The van der Waals surface area contributed by atoms with Crippen LogP contribution in [0.3, 0.4) is 0 Å². The van der Waals surface area contributed by atoms with Gasteiger partial charge in [0.25, 0.3) is 0 Å². The van der Waals surface area contributed by atoms with Crippen LogP contribution in [0.2, 0.25) is 0 Å². The fraction of sp³-hybridized carbons (Fsp3) is 0.867. The molecule has 0 radical (unpaired) electrons. The fourth-order valence-corrected chi connectivity index (χ4v) is 2.47. The van der Waals surface area contributed by atoms with E-state index in [1.165, 1.54) is 12.8 Å². The molecule has 2 N–H and O–H groups in total. The molecule has 1 saturated carbocycles. The molecule has 110 valence electrons. The van der Waals surface area contributed by atoms with Gasteiger partial charge < -0.3 is 10.6 Å². The van der Waals surface area contributed by atoms with Gasteiger partial charge in [-0.05, 0) is 18.3 Å². The maximum absolute atomic E-state index is 11.9. The van der Waals surface area contributed by atoms with Gasteiger partial charge in [-0.1, -0.05) is 47.5 Å². The molecule has 0 aliphatic heterocycles. The number of hydrogen-bond acceptors (Lipinski definition) is 2. The van der Waals surface area contributed by atoms with E-state index in [0.29, 0.717) is 11.8 Å². The molecule has 0 heterocycles. The Hall–Kier alpha value is -1.06. The first-order chi connectivity index (χ1) is 8.71. The van der Waals surface area contributed by atoms with E-state index in [1.54, 1.807) is 0 Å². The fourth-order valence-electron chi connectivity index (χ4n) is 2.47. The van der Waals surface area contributed by atoms with Crippen molar-refractivity contribution < 1.29 is 9.59 Å². The van der Waals surface area contributed by atoms with Crippen LogP contribution in [0.1, 0.15) is 53.9 Å². The molecule has 2 amide bonds. The van der Waals surface area contributed by atoms with Crippen LogP contribution < -0.4 is 10.6 Å². The third-order valence-corrected chi connectivity index (χ3v) is 4.14. The zero-order chi connectivity index (χ0) is 14.6. The van der Waals surface area contributed by atoms with Crippen molar-refractivity contribution >= 4 is 11.8 Å². The first-order valence-corrected chi connectivity index (χ1v) is 7.29. The minimum Gasteiger partial charge on any atom is -0.352 e. The second kappa shape index (κ2) is 6.40. The predicted molar refractivity (Wildman–Crippen MR) is 76.6 cm³/mol. The van der Waals surface area contributed by atoms with Gasteiger partial charge >= 0.3 is 0 Å². The van der Waals surface area contributed by atoms with Crippen LogP contribution in [-0.2, 0) is 9.59 Å². The van der Waals surface area contributed by atoms with Crippen molar-refractivity contribution in [2.75, 3.05) is 6.54 Å². The molecule has 1 fully saturated rings. The van der Waals surface area contributed by atoms with Crippen LogP contribution in [0.5, 0.6) is 0 Å². The van der Waals surface area contributed by atoms with Crippen molar-refractivity contribution in [3.63, 3.8) is 0 Å². The van der Waals surface area contributed by atoms with E-state index >= 15 is 0 Å². The lowest BCUT2D eigenvalue weighted by atomic mass is 9.78. The molecule has 0 saturated heterocycles. The average molecular weight is 268 g/mol. The predicted octanol–water partition coefficient (Wildman–Crippen LogP) is 2.09. The second-order valence-corrected chi connectivity index (χ2v) is 6.87. The van der Waals surface area contributed by atoms with E-state index in [9.17, 15) is 9.59 Å². The van der Waals surface area contributed by atoms with Crippen molar-refractivity contribution in [2.24, 2.45) is 17.3 Å². The molecule has 1 aliphatic carbocycles. The third-order valence-electron chi connectivity index (χ3n) is 4.14. The van der Waals surface area contributed by atoms with E-state index in [0.717, 1.165) is 6.42 Å². The molecule has 1 aliphatic rings. The summed E-state index contributed by atoms with van der Waals surface area (Å²) in [7, 11) is 0. The van der Waals surface area contributed by atoms with E-state index in [-0.39, 0.29) is 24.4 Å². The highest BCUT2D eigenvalue weighted by Crippen LogP contribution is 2.29. The molecule has 0 aromatic heterocycles. The summed E-state index contributed by atoms with van der Waals surface area (Å²) < 4.78 is 0. The number of nitrogens with one attached hydrogen (secondary N) is 2. The van der Waals surface area contributed by atoms with Crippen molar-refractivity contribution in [1.82, 2.24) is 10.6 Å². The van der Waals surface area contributed by atoms with Crippen LogP contribution in [0, 0.1) is 17.3 Å². The number of amides is 2. The summed E-state index contributed by atoms with van der Waals surface area (Å²) in [6.07, 6.45) is 3.46. The lowest BCUT2D eigenvalue weighted by Gasteiger charge is -2.34. The van der Waals surface area contributed by atoms with Crippen molar-refractivity contribution in [3.8, 4) is 0 Å². The third kappa shape index (κ3) is 4.84. The lowest BCUT2D eigenvalue weighted by molar-refractivity contribution is -0.131. The normalized spacial score (nSPS) is 27.7. The molecule has 0 aromatic carbocycles. The van der Waals surface area contributed by atoms with Crippen LogP contribution in [0.4, 0.5) is 0 Å². The zero-order valence-electron chi connectivity index (χ0n) is 12.9. The van der Waals surface area contributed by atoms with E-state index in [4.69, 9.17) is 0 Å². The van der Waals surface area contributed by atoms with Crippen LogP contribution in [0.25, 0.3) is 0 Å². The molecular weight excluding hydrogens is 240 g/mol. The quantitative estimate of drug-likeness (QED) is 0.823. The second-order valence-electron chi connectivity index (χ2n) is 6.87. The lowest BCUT2D eigenvalue weighted by Crippen LogP contribution is -2.48. The van der Waals surface area contributed by atoms with Gasteiger partial charge in [0.1, 0.15) is 0 Å². The average Bonchev–Trinajstić information content (AvgIpc) is 2.30. The SMILES string of the molecule is C[C@@H]1[C@H](C)CCC[C@H]1NC(=O)CNC(=O)C(C)(C)C. The number of carbonyl (C=O) groups excluding carboxylic acids is 2. The Bertz CT molecular complexity index is 334. The molecule has 0 bridgehead atoms. The Morgan fingerprint density at radius 2 is 1.79 bits per heavy atom. The molecular formula is C15H28N2O2. The first kappa shape index (κ1) is 16.0. The first-order valence-electron chi connectivity index (χ1n) is 7.29. The zero-order valence-corrected chi connectivity index (χ0v) is 12.9. The van der Waals surface area contributed by atoms with Gasteiger partial charge in [-0.15, -0.1) is 0 Å². The maximum atomic E-state index is 11.9. The molecule has 4 heteroatoms. The topological polar surface area (TPSA) is 58.2 Å². The van der Waals surface area contributed by atoms with Crippen molar-refractivity contribution in [2.45, 2.75) is 59.9 Å². The van der Waals surface area contributed by atoms with Crippen LogP contribution >= 0.6 is 0 Å². The highest BCUT2D eigenvalue weighted by Gasteiger charge is 2.28. The molecule has 19 heavy (non-hydrogen) atoms. The monoisotopic (exact) mass is 268 g/mol. The van der Waals surface area contributed by atoms with Gasteiger partial charge in [0.15, 0.2) is 0 Å². The largest absolute Gasteiger partial charge is 0.352 e. The summed E-state index contributed by atoms with van der Waals surface area (Å²) in [5.74, 6) is 0.996. The number of carbonyl (C=O) groups is 2. The van der Waals surface area contributed by atoms with Gasteiger partial charge in [-0.25, -0.2) is 0 Å². The van der Waals surface area contributed by atoms with Crippen molar-refractivity contribution in [1.29, 1.82) is 0 Å². The highest BCUT2D eigenvalue weighted by molar-refractivity contribution is 5.87. The number of rotatable bonds is 3. The molecule has 1 rings (SSSR count). The Kier molecular flexibility index (Phi) is 5.39. The minimum atomic E-state index is -0.451. The maximum Gasteiger partial charge on any atom is 0.239 e. The van der Waals surface area contributed by atoms with Gasteiger partial charge in [-0.2, -0.15) is 0 Å². The smallest absolute Gasteiger partial charge is 0.239 e. The Labute approximate surface area is 116 Å². The molecule has 0 aromatic rings. The van der Waals surface area contributed by atoms with Gasteiger partial charge in [0.2, 0.25) is 11.8 Å². The Morgan fingerprint density at radius 1 is 1.16 bits per heavy atom. The van der Waals surface area contributed by atoms with E-state index in [2.05, 4.69) is 24.5 Å². The van der Waals surface area contributed by atoms with E-state index in [1.807, 2.05) is 20.8 Å². The summed E-state index contributed by atoms with van der Waals surface area (Å²) in [5, 5.41) is 5.74. The van der Waals surface area contributed by atoms with Gasteiger partial charge in [0, 0.05) is 11.5 Å². The Balaban J connectivity index is 2.37. The van der Waals surface area contributed by atoms with Crippen LogP contribution in [-0.4, -0.2) is 24.4 Å². The van der Waals surface area contributed by atoms with Crippen LogP contribution in [0.15, 0.2) is 0 Å². The van der Waals surface area contributed by atoms with Crippen molar-refractivity contribution in [3.05, 3.63) is 0 Å². The summed E-state index contributed by atoms with van der Waals surface area (Å²) in [6, 6.07) is 0.253. The molecule has 0 spiro atoms. The molecule has 0 unspecified atom stereocenters. The summed E-state index contributed by atoms with van der Waals surface area (Å²) in [5.41, 5.74) is -0.451. The molecule has 4 nitrogen and oxygen atoms in total. The summed E-state index contributed by atoms with van der Waals surface area (Å²) in [6.45, 7) is 10.0. The molecule has 3 atom stereocenters. The Morgan fingerprint density at radius 3 is 2.37 bits per heavy atom. The summed E-state index contributed by atoms with van der Waals surface area (Å²) >= 11 is 0. The van der Waals surface area contributed by atoms with E-state index < -0.39 is 5.41 Å². The standard InChI is InChI=1S/C15H28N2O2/c1-10-7-6-8-12(11(10)2)17-13(18)9-16-14(19)15(3,4)5/h10-12H,6-9H2,1-5H3,(H,16,19)(H,17,18)/t10-,11-,12-/m1/s1. The summed E-state index contributed by atoms with van der Waals surface area (Å²) in [4.78, 5) is 23.6. The highest BCUT2D eigenvalue weighted by atomic mass is 16.2. The van der Waals surface area contributed by atoms with Gasteiger partial charge in [-0.3, -0.25) is 9.59 Å². The minimum absolute atomic E-state index is 0.0771. The number of hydrogen-bond donors (Lipinski definition) is 2. The van der Waals surface area contributed by atoms with Gasteiger partial charge in [0.05, 0.1) is 6.54 Å².